The molecule has 0 radical (unpaired) electrons. The van der Waals surface area contributed by atoms with Crippen molar-refractivity contribution >= 4 is 19.8 Å². The fraction of sp³-hybridized carbons (Fsp3) is 0.733. The molecule has 2 atom stereocenters. The molecular formula is C75H132NO8P. The number of phosphoric acid groups is 1. The Morgan fingerprint density at radius 1 is 0.365 bits per heavy atom. The molecule has 3 N–H and O–H groups in total. The molecule has 10 heteroatoms. The van der Waals surface area contributed by atoms with Gasteiger partial charge in [-0.1, -0.05) is 316 Å². The van der Waals surface area contributed by atoms with E-state index in [1.54, 1.807) is 0 Å². The third kappa shape index (κ3) is 69.6. The molecule has 0 spiro atoms. The molecule has 0 aliphatic carbocycles. The van der Waals surface area contributed by atoms with Gasteiger partial charge in [0.2, 0.25) is 0 Å². The maximum absolute atomic E-state index is 12.8. The van der Waals surface area contributed by atoms with Crippen molar-refractivity contribution in [2.24, 2.45) is 5.73 Å². The Balaban J connectivity index is 3.89. The van der Waals surface area contributed by atoms with Gasteiger partial charge in [-0.2, -0.15) is 0 Å². The van der Waals surface area contributed by atoms with Crippen LogP contribution in [-0.4, -0.2) is 49.3 Å². The van der Waals surface area contributed by atoms with Gasteiger partial charge in [0.15, 0.2) is 6.10 Å². The molecule has 2 unspecified atom stereocenters. The molecule has 0 aromatic carbocycles. The van der Waals surface area contributed by atoms with Gasteiger partial charge in [0.05, 0.1) is 13.2 Å². The van der Waals surface area contributed by atoms with Gasteiger partial charge in [0.1, 0.15) is 6.61 Å². The number of allylic oxidation sites excluding steroid dienone is 18. The number of esters is 2. The summed E-state index contributed by atoms with van der Waals surface area (Å²) in [5.41, 5.74) is 5.40. The minimum Gasteiger partial charge on any atom is -0.462 e. The van der Waals surface area contributed by atoms with Crippen LogP contribution in [0.3, 0.4) is 0 Å². The molecule has 85 heavy (non-hydrogen) atoms. The Morgan fingerprint density at radius 2 is 0.647 bits per heavy atom. The standard InChI is InChI=1S/C75H132NO8P/c1-3-5-7-9-11-13-15-17-19-21-23-25-27-29-31-33-34-35-36-37-38-40-41-43-45-47-49-51-53-55-57-59-61-63-65-67-74(77)81-71-73(72-83-85(79,80)82-70-69-76)84-75(78)68-66-64-62-60-58-56-54-52-50-48-46-44-42-39-32-30-28-26-24-22-20-18-16-14-12-10-8-6-4-2/h6,8,12,14-15,17-18,20-21,23-24,26,30,32,42,44,48,50,73H,3-5,7,9-11,13,16,19,22,25,27-29,31,33-41,43,45-47,49,51-72,76H2,1-2H3,(H,79,80)/b8-6-,14-12-,17-15-,20-18-,23-21-,26-24-,32-30-,44-42-,50-48-. The van der Waals surface area contributed by atoms with Gasteiger partial charge in [0, 0.05) is 19.4 Å². The molecular weight excluding hydrogens is 1070 g/mol. The quantitative estimate of drug-likeness (QED) is 0.0264. The van der Waals surface area contributed by atoms with E-state index in [0.717, 1.165) is 96.3 Å². The number of carbonyl (C=O) groups excluding carboxylic acids is 2. The first kappa shape index (κ1) is 81.7. The van der Waals surface area contributed by atoms with E-state index in [-0.39, 0.29) is 38.6 Å². The van der Waals surface area contributed by atoms with Crippen LogP contribution in [0, 0.1) is 0 Å². The minimum atomic E-state index is -4.40. The predicted molar refractivity (Wildman–Crippen MR) is 367 cm³/mol. The highest BCUT2D eigenvalue weighted by molar-refractivity contribution is 7.47. The van der Waals surface area contributed by atoms with Crippen molar-refractivity contribution in [2.45, 2.75) is 328 Å². The second-order valence-electron chi connectivity index (χ2n) is 23.4. The summed E-state index contributed by atoms with van der Waals surface area (Å²) in [5.74, 6) is -0.834. The average molecular weight is 1210 g/mol. The van der Waals surface area contributed by atoms with Crippen molar-refractivity contribution in [3.05, 3.63) is 109 Å². The first-order valence-electron chi connectivity index (χ1n) is 35.4. The highest BCUT2D eigenvalue weighted by Crippen LogP contribution is 2.43. The van der Waals surface area contributed by atoms with E-state index in [9.17, 15) is 19.0 Å². The lowest BCUT2D eigenvalue weighted by Crippen LogP contribution is -2.29. The fourth-order valence-electron chi connectivity index (χ4n) is 9.94. The van der Waals surface area contributed by atoms with Crippen molar-refractivity contribution in [3.63, 3.8) is 0 Å². The van der Waals surface area contributed by atoms with Gasteiger partial charge < -0.3 is 20.1 Å². The summed E-state index contributed by atoms with van der Waals surface area (Å²) < 4.78 is 33.2. The Morgan fingerprint density at radius 3 is 0.965 bits per heavy atom. The molecule has 0 saturated heterocycles. The topological polar surface area (TPSA) is 134 Å². The van der Waals surface area contributed by atoms with E-state index in [1.807, 2.05) is 0 Å². The molecule has 0 aliphatic heterocycles. The Kier molecular flexibility index (Phi) is 67.0. The second kappa shape index (κ2) is 69.8. The molecule has 0 saturated carbocycles. The van der Waals surface area contributed by atoms with Crippen molar-refractivity contribution in [1.29, 1.82) is 0 Å². The van der Waals surface area contributed by atoms with Crippen LogP contribution in [0.1, 0.15) is 322 Å². The first-order valence-corrected chi connectivity index (χ1v) is 36.9. The minimum absolute atomic E-state index is 0.0476. The number of ether oxygens (including phenoxy) is 2. The van der Waals surface area contributed by atoms with Gasteiger partial charge in [-0.3, -0.25) is 18.6 Å². The van der Waals surface area contributed by atoms with E-state index in [0.29, 0.717) is 6.42 Å². The third-order valence-electron chi connectivity index (χ3n) is 15.1. The summed E-state index contributed by atoms with van der Waals surface area (Å²) >= 11 is 0. The largest absolute Gasteiger partial charge is 0.472 e. The molecule has 9 nitrogen and oxygen atoms in total. The molecule has 0 aromatic heterocycles. The molecule has 0 aromatic rings. The number of hydrogen-bond acceptors (Lipinski definition) is 8. The number of nitrogens with two attached hydrogens (primary N) is 1. The zero-order chi connectivity index (χ0) is 61.6. The summed E-state index contributed by atoms with van der Waals surface area (Å²) in [6, 6.07) is 0. The maximum atomic E-state index is 12.8. The zero-order valence-electron chi connectivity index (χ0n) is 55.1. The average Bonchev–Trinajstić information content (AvgIpc) is 3.52. The van der Waals surface area contributed by atoms with Gasteiger partial charge in [-0.15, -0.1) is 0 Å². The number of rotatable bonds is 66. The van der Waals surface area contributed by atoms with Crippen molar-refractivity contribution in [1.82, 2.24) is 0 Å². The van der Waals surface area contributed by atoms with Gasteiger partial charge in [0.25, 0.3) is 0 Å². The zero-order valence-corrected chi connectivity index (χ0v) is 56.0. The first-order chi connectivity index (χ1) is 41.8. The van der Waals surface area contributed by atoms with Crippen LogP contribution < -0.4 is 5.73 Å². The van der Waals surface area contributed by atoms with E-state index in [2.05, 4.69) is 123 Å². The molecule has 0 aliphatic rings. The third-order valence-corrected chi connectivity index (χ3v) is 16.1. The molecule has 0 amide bonds. The number of carbonyl (C=O) groups is 2. The van der Waals surface area contributed by atoms with Gasteiger partial charge >= 0.3 is 19.8 Å². The molecule has 0 heterocycles. The Hall–Kier alpha value is -3.33. The lowest BCUT2D eigenvalue weighted by molar-refractivity contribution is -0.161. The van der Waals surface area contributed by atoms with Crippen LogP contribution in [0.5, 0.6) is 0 Å². The smallest absolute Gasteiger partial charge is 0.462 e. The highest BCUT2D eigenvalue weighted by atomic mass is 31.2. The molecule has 490 valence electrons. The van der Waals surface area contributed by atoms with Crippen molar-refractivity contribution in [2.75, 3.05) is 26.4 Å². The molecule has 0 rings (SSSR count). The lowest BCUT2D eigenvalue weighted by Gasteiger charge is -2.19. The van der Waals surface area contributed by atoms with E-state index in [4.69, 9.17) is 24.3 Å². The van der Waals surface area contributed by atoms with Gasteiger partial charge in [-0.05, 0) is 103 Å². The van der Waals surface area contributed by atoms with Crippen LogP contribution in [0.2, 0.25) is 0 Å². The maximum Gasteiger partial charge on any atom is 0.472 e. The number of phosphoric ester groups is 1. The van der Waals surface area contributed by atoms with E-state index < -0.39 is 26.5 Å². The highest BCUT2D eigenvalue weighted by Gasteiger charge is 2.26. The van der Waals surface area contributed by atoms with Crippen LogP contribution in [0.25, 0.3) is 0 Å². The van der Waals surface area contributed by atoms with Gasteiger partial charge in [-0.25, -0.2) is 4.57 Å². The van der Waals surface area contributed by atoms with Crippen molar-refractivity contribution < 1.29 is 37.6 Å². The number of unbranched alkanes of at least 4 members (excludes halogenated alkanes) is 35. The summed E-state index contributed by atoms with van der Waals surface area (Å²) in [6.45, 7) is 3.63. The second-order valence-corrected chi connectivity index (χ2v) is 24.8. The predicted octanol–water partition coefficient (Wildman–Crippen LogP) is 23.3. The monoisotopic (exact) mass is 1210 g/mol. The van der Waals surface area contributed by atoms with Crippen LogP contribution in [-0.2, 0) is 32.7 Å². The summed E-state index contributed by atoms with van der Waals surface area (Å²) in [6.07, 6.45) is 96.1. The summed E-state index contributed by atoms with van der Waals surface area (Å²) in [5, 5.41) is 0. The molecule has 0 bridgehead atoms. The summed E-state index contributed by atoms with van der Waals surface area (Å²) in [4.78, 5) is 35.4. The normalized spacial score (nSPS) is 13.6. The summed E-state index contributed by atoms with van der Waals surface area (Å²) in [7, 11) is -4.40. The number of hydrogen-bond donors (Lipinski definition) is 2. The lowest BCUT2D eigenvalue weighted by atomic mass is 10.0. The molecule has 0 fully saturated rings. The van der Waals surface area contributed by atoms with E-state index >= 15 is 0 Å². The Labute approximate surface area is 524 Å². The van der Waals surface area contributed by atoms with Crippen LogP contribution in [0.15, 0.2) is 109 Å². The SMILES string of the molecule is CC/C=C\C/C=C\C/C=C\C/C=C\C/C=C\C/C=C\C/C=C\CCCCCCCCCC(=O)OC(COC(=O)CCCCCCCCCCCCCCCCCCCCCCCCC/C=C\C/C=C\CCCCCCC)COP(=O)(O)OCCN. The van der Waals surface area contributed by atoms with Crippen LogP contribution in [0.4, 0.5) is 0 Å². The Bertz CT molecular complexity index is 1760. The van der Waals surface area contributed by atoms with Crippen molar-refractivity contribution in [3.8, 4) is 0 Å². The fourth-order valence-corrected chi connectivity index (χ4v) is 10.7. The van der Waals surface area contributed by atoms with Crippen LogP contribution >= 0.6 is 7.82 Å². The van der Waals surface area contributed by atoms with E-state index in [1.165, 1.54) is 193 Å².